The molecule has 0 amide bonds. The first kappa shape index (κ1) is 14.0. The van der Waals surface area contributed by atoms with Gasteiger partial charge in [0.05, 0.1) is 0 Å². The highest BCUT2D eigenvalue weighted by molar-refractivity contribution is 5.85. The minimum absolute atomic E-state index is 0. The number of benzene rings is 1. The van der Waals surface area contributed by atoms with Gasteiger partial charge in [0.15, 0.2) is 0 Å². The Hall–Kier alpha value is -1.03. The van der Waals surface area contributed by atoms with E-state index < -0.39 is 0 Å². The fraction of sp³-hybridized carbons (Fsp3) is 0.385. The van der Waals surface area contributed by atoms with Crippen LogP contribution in [0.2, 0.25) is 0 Å². The van der Waals surface area contributed by atoms with Crippen LogP contribution in [0.25, 0.3) is 10.9 Å². The van der Waals surface area contributed by atoms with Crippen molar-refractivity contribution in [2.45, 2.75) is 19.9 Å². The number of aliphatic hydroxyl groups excluding tert-OH is 1. The maximum atomic E-state index is 9.31. The number of fused-ring (bicyclic) bond motifs is 1. The number of nitrogens with two attached hydrogens (primary N) is 1. The number of H-pyrrole nitrogens is 1. The van der Waals surface area contributed by atoms with Gasteiger partial charge in [-0.2, -0.15) is 0 Å². The Morgan fingerprint density at radius 2 is 2.06 bits per heavy atom. The van der Waals surface area contributed by atoms with Crippen molar-refractivity contribution in [2.24, 2.45) is 11.1 Å². The maximum Gasteiger partial charge on any atom is 0.0500 e. The Balaban J connectivity index is 0.00000144. The summed E-state index contributed by atoms with van der Waals surface area (Å²) < 4.78 is 0. The van der Waals surface area contributed by atoms with E-state index in [9.17, 15) is 5.11 Å². The largest absolute Gasteiger partial charge is 0.396 e. The van der Waals surface area contributed by atoms with Gasteiger partial charge >= 0.3 is 0 Å². The van der Waals surface area contributed by atoms with Crippen LogP contribution in [0.3, 0.4) is 0 Å². The predicted octanol–water partition coefficient (Wildman–Crippen LogP) is 2.61. The van der Waals surface area contributed by atoms with E-state index in [1.165, 1.54) is 0 Å². The van der Waals surface area contributed by atoms with Crippen LogP contribution < -0.4 is 5.73 Å². The van der Waals surface area contributed by atoms with Gasteiger partial charge in [0, 0.05) is 29.8 Å². The van der Waals surface area contributed by atoms with E-state index in [2.05, 4.69) is 11.1 Å². The molecule has 1 aromatic carbocycles. The van der Waals surface area contributed by atoms with Gasteiger partial charge in [-0.05, 0) is 29.1 Å². The minimum atomic E-state index is -0.302. The van der Waals surface area contributed by atoms with Crippen LogP contribution in [0.5, 0.6) is 0 Å². The molecule has 0 saturated carbocycles. The molecule has 0 aliphatic carbocycles. The number of aliphatic hydroxyl groups is 1. The van der Waals surface area contributed by atoms with Crippen LogP contribution in [0, 0.1) is 5.41 Å². The zero-order valence-electron chi connectivity index (χ0n) is 10.1. The van der Waals surface area contributed by atoms with Gasteiger partial charge < -0.3 is 15.8 Å². The summed E-state index contributed by atoms with van der Waals surface area (Å²) in [5.41, 5.74) is 8.04. The van der Waals surface area contributed by atoms with E-state index in [0.29, 0.717) is 0 Å². The summed E-state index contributed by atoms with van der Waals surface area (Å²) in [6.07, 6.45) is 1.91. The summed E-state index contributed by atoms with van der Waals surface area (Å²) in [6.45, 7) is 4.03. The second-order valence-electron chi connectivity index (χ2n) is 4.95. The number of nitrogens with one attached hydrogen (secondary N) is 1. The molecule has 17 heavy (non-hydrogen) atoms. The van der Waals surface area contributed by atoms with Crippen LogP contribution >= 0.6 is 12.4 Å². The number of aromatic nitrogens is 1. The van der Waals surface area contributed by atoms with E-state index in [1.807, 2.05) is 38.2 Å². The smallest absolute Gasteiger partial charge is 0.0500 e. The zero-order valence-corrected chi connectivity index (χ0v) is 10.9. The number of hydrogen-bond donors (Lipinski definition) is 3. The Morgan fingerprint density at radius 1 is 1.35 bits per heavy atom. The van der Waals surface area contributed by atoms with E-state index in [4.69, 9.17) is 5.73 Å². The normalized spacial score (nSPS) is 13.4. The summed E-state index contributed by atoms with van der Waals surface area (Å²) in [7, 11) is 0. The lowest BCUT2D eigenvalue weighted by molar-refractivity contribution is 0.132. The van der Waals surface area contributed by atoms with Gasteiger partial charge in [-0.1, -0.05) is 19.9 Å². The minimum Gasteiger partial charge on any atom is -0.396 e. The third kappa shape index (κ3) is 2.63. The molecule has 0 aliphatic rings. The number of aromatic amines is 1. The van der Waals surface area contributed by atoms with E-state index in [0.717, 1.165) is 16.5 Å². The van der Waals surface area contributed by atoms with Crippen LogP contribution in [-0.2, 0) is 0 Å². The first-order chi connectivity index (χ1) is 7.54. The first-order valence-corrected chi connectivity index (χ1v) is 5.48. The summed E-state index contributed by atoms with van der Waals surface area (Å²) in [4.78, 5) is 3.15. The highest BCUT2D eigenvalue weighted by Gasteiger charge is 2.26. The summed E-state index contributed by atoms with van der Waals surface area (Å²) in [5.74, 6) is 0. The lowest BCUT2D eigenvalue weighted by Crippen LogP contribution is -2.32. The van der Waals surface area contributed by atoms with Crippen LogP contribution in [-0.4, -0.2) is 16.7 Å². The number of hydrogen-bond acceptors (Lipinski definition) is 2. The monoisotopic (exact) mass is 254 g/mol. The van der Waals surface area contributed by atoms with Crippen LogP contribution in [0.1, 0.15) is 25.5 Å². The molecule has 1 aromatic heterocycles. The Labute approximate surface area is 107 Å². The van der Waals surface area contributed by atoms with Gasteiger partial charge in [-0.15, -0.1) is 12.4 Å². The first-order valence-electron chi connectivity index (χ1n) is 5.48. The van der Waals surface area contributed by atoms with Crippen LogP contribution in [0.15, 0.2) is 30.5 Å². The molecule has 2 rings (SSSR count). The summed E-state index contributed by atoms with van der Waals surface area (Å²) in [6, 6.07) is 7.99. The highest BCUT2D eigenvalue weighted by Crippen LogP contribution is 2.31. The van der Waals surface area contributed by atoms with Gasteiger partial charge in [0.1, 0.15) is 0 Å². The molecular formula is C13H19ClN2O. The lowest BCUT2D eigenvalue weighted by atomic mass is 9.81. The number of rotatable bonds is 3. The molecule has 2 aromatic rings. The lowest BCUT2D eigenvalue weighted by Gasteiger charge is -2.29. The van der Waals surface area contributed by atoms with Gasteiger partial charge in [-0.25, -0.2) is 0 Å². The van der Waals surface area contributed by atoms with Gasteiger partial charge in [0.2, 0.25) is 0 Å². The third-order valence-electron chi connectivity index (χ3n) is 3.19. The molecule has 0 spiro atoms. The predicted molar refractivity (Wildman–Crippen MR) is 73.3 cm³/mol. The average molecular weight is 255 g/mol. The summed E-state index contributed by atoms with van der Waals surface area (Å²) in [5, 5.41) is 10.5. The van der Waals surface area contributed by atoms with E-state index in [1.54, 1.807) is 0 Å². The standard InChI is InChI=1S/C13H18N2O.ClH/c1-13(2,8-16)12(14)10-3-4-11-9(7-10)5-6-15-11;/h3-7,12,15-16H,8,14H2,1-2H3;1H/t12-;/m0./s1. The Kier molecular flexibility index (Phi) is 4.20. The molecule has 1 heterocycles. The molecule has 4 N–H and O–H groups in total. The second-order valence-corrected chi connectivity index (χ2v) is 4.95. The highest BCUT2D eigenvalue weighted by atomic mass is 35.5. The van der Waals surface area contributed by atoms with E-state index >= 15 is 0 Å². The van der Waals surface area contributed by atoms with E-state index in [-0.39, 0.29) is 30.5 Å². The summed E-state index contributed by atoms with van der Waals surface area (Å²) >= 11 is 0. The molecule has 0 saturated heterocycles. The average Bonchev–Trinajstić information content (AvgIpc) is 2.74. The molecule has 4 heteroatoms. The van der Waals surface area contributed by atoms with Gasteiger partial charge in [-0.3, -0.25) is 0 Å². The van der Waals surface area contributed by atoms with Crippen molar-refractivity contribution < 1.29 is 5.11 Å². The number of halogens is 1. The van der Waals surface area contributed by atoms with Crippen molar-refractivity contribution in [1.29, 1.82) is 0 Å². The molecule has 3 nitrogen and oxygen atoms in total. The van der Waals surface area contributed by atoms with Gasteiger partial charge in [0.25, 0.3) is 0 Å². The van der Waals surface area contributed by atoms with Crippen molar-refractivity contribution in [3.8, 4) is 0 Å². The SMILES string of the molecule is CC(C)(CO)[C@@H](N)c1ccc2[nH]ccc2c1.Cl. The van der Waals surface area contributed by atoms with Crippen molar-refractivity contribution >= 4 is 23.3 Å². The quantitative estimate of drug-likeness (QED) is 0.789. The fourth-order valence-electron chi connectivity index (χ4n) is 1.81. The second kappa shape index (κ2) is 5.08. The molecular weight excluding hydrogens is 236 g/mol. The van der Waals surface area contributed by atoms with Crippen molar-refractivity contribution in [1.82, 2.24) is 4.98 Å². The van der Waals surface area contributed by atoms with Crippen LogP contribution in [0.4, 0.5) is 0 Å². The fourth-order valence-corrected chi connectivity index (χ4v) is 1.81. The molecule has 94 valence electrons. The zero-order chi connectivity index (χ0) is 11.8. The Bertz CT molecular complexity index is 493. The molecule has 0 aliphatic heterocycles. The topological polar surface area (TPSA) is 62.0 Å². The molecule has 0 bridgehead atoms. The molecule has 0 fully saturated rings. The van der Waals surface area contributed by atoms with Crippen molar-refractivity contribution in [2.75, 3.05) is 6.61 Å². The van der Waals surface area contributed by atoms with Crippen molar-refractivity contribution in [3.05, 3.63) is 36.0 Å². The molecule has 0 unspecified atom stereocenters. The maximum absolute atomic E-state index is 9.31. The third-order valence-corrected chi connectivity index (χ3v) is 3.19. The van der Waals surface area contributed by atoms with Crippen molar-refractivity contribution in [3.63, 3.8) is 0 Å². The molecule has 1 atom stereocenters. The Morgan fingerprint density at radius 3 is 2.71 bits per heavy atom. The molecule has 0 radical (unpaired) electrons.